The van der Waals surface area contributed by atoms with Gasteiger partial charge in [-0.05, 0) is 5.21 Å². The van der Waals surface area contributed by atoms with Crippen LogP contribution in [0.25, 0.3) is 0 Å². The third kappa shape index (κ3) is 3.51. The molecule has 112 valence electrons. The lowest BCUT2D eigenvalue weighted by Gasteiger charge is -2.33. The Hall–Kier alpha value is -1.09. The summed E-state index contributed by atoms with van der Waals surface area (Å²) < 4.78 is 16.8. The standard InChI is InChI=1S/C12H21N5O3/c1-16-14-12(13-15-16)11-7-17(2-3-20-11)6-10-8-18-4-5-19-9-10/h10-11H,2-9H2,1H3. The van der Waals surface area contributed by atoms with Gasteiger partial charge in [0.25, 0.3) is 0 Å². The van der Waals surface area contributed by atoms with E-state index in [-0.39, 0.29) is 6.10 Å². The lowest BCUT2D eigenvalue weighted by Crippen LogP contribution is -2.42. The number of aromatic nitrogens is 4. The maximum Gasteiger partial charge on any atom is 0.204 e. The van der Waals surface area contributed by atoms with Gasteiger partial charge in [-0.1, -0.05) is 0 Å². The van der Waals surface area contributed by atoms with E-state index in [1.54, 1.807) is 7.05 Å². The Kier molecular flexibility index (Phi) is 4.56. The zero-order chi connectivity index (χ0) is 13.8. The van der Waals surface area contributed by atoms with Crippen molar-refractivity contribution >= 4 is 0 Å². The Labute approximate surface area is 118 Å². The molecule has 1 atom stereocenters. The summed E-state index contributed by atoms with van der Waals surface area (Å²) in [5.41, 5.74) is 0. The van der Waals surface area contributed by atoms with E-state index in [9.17, 15) is 0 Å². The minimum atomic E-state index is -0.0925. The molecule has 8 heteroatoms. The van der Waals surface area contributed by atoms with E-state index >= 15 is 0 Å². The molecule has 2 fully saturated rings. The van der Waals surface area contributed by atoms with Crippen LogP contribution in [-0.4, -0.2) is 77.8 Å². The number of hydrogen-bond donors (Lipinski definition) is 0. The second-order valence-electron chi connectivity index (χ2n) is 5.27. The number of morpholine rings is 1. The summed E-state index contributed by atoms with van der Waals surface area (Å²) in [7, 11) is 1.76. The predicted octanol–water partition coefficient (Wildman–Crippen LogP) is -0.754. The van der Waals surface area contributed by atoms with Gasteiger partial charge in [0.1, 0.15) is 6.10 Å². The molecule has 0 N–H and O–H groups in total. The highest BCUT2D eigenvalue weighted by Gasteiger charge is 2.27. The summed E-state index contributed by atoms with van der Waals surface area (Å²) in [6, 6.07) is 0. The van der Waals surface area contributed by atoms with Crippen molar-refractivity contribution in [2.24, 2.45) is 13.0 Å². The monoisotopic (exact) mass is 283 g/mol. The molecule has 2 aliphatic heterocycles. The molecule has 0 bridgehead atoms. The van der Waals surface area contributed by atoms with Crippen molar-refractivity contribution < 1.29 is 14.2 Å². The molecular weight excluding hydrogens is 262 g/mol. The van der Waals surface area contributed by atoms with Crippen LogP contribution in [0.15, 0.2) is 0 Å². The van der Waals surface area contributed by atoms with Crippen LogP contribution in [0.5, 0.6) is 0 Å². The normalized spacial score (nSPS) is 26.6. The Bertz CT molecular complexity index is 419. The molecule has 0 amide bonds. The Balaban J connectivity index is 1.54. The molecule has 0 radical (unpaired) electrons. The van der Waals surface area contributed by atoms with E-state index in [1.807, 2.05) is 0 Å². The average Bonchev–Trinajstić information content (AvgIpc) is 2.73. The smallest absolute Gasteiger partial charge is 0.204 e. The molecule has 0 aromatic carbocycles. The summed E-state index contributed by atoms with van der Waals surface area (Å²) in [4.78, 5) is 3.83. The minimum absolute atomic E-state index is 0.0925. The van der Waals surface area contributed by atoms with Crippen molar-refractivity contribution in [3.05, 3.63) is 5.82 Å². The van der Waals surface area contributed by atoms with Gasteiger partial charge >= 0.3 is 0 Å². The van der Waals surface area contributed by atoms with E-state index in [2.05, 4.69) is 20.3 Å². The van der Waals surface area contributed by atoms with Gasteiger partial charge in [-0.25, -0.2) is 0 Å². The SMILES string of the molecule is Cn1nnc(C2CN(CC3COCCOC3)CCO2)n1. The molecule has 0 spiro atoms. The Morgan fingerprint density at radius 2 is 2.00 bits per heavy atom. The third-order valence-electron chi connectivity index (χ3n) is 3.56. The molecule has 8 nitrogen and oxygen atoms in total. The summed E-state index contributed by atoms with van der Waals surface area (Å²) in [5, 5.41) is 12.1. The van der Waals surface area contributed by atoms with E-state index in [0.29, 0.717) is 31.6 Å². The van der Waals surface area contributed by atoms with Crippen LogP contribution >= 0.6 is 0 Å². The molecule has 1 aromatic rings. The van der Waals surface area contributed by atoms with Crippen LogP contribution in [0, 0.1) is 5.92 Å². The zero-order valence-electron chi connectivity index (χ0n) is 11.8. The molecule has 3 rings (SSSR count). The van der Waals surface area contributed by atoms with E-state index < -0.39 is 0 Å². The van der Waals surface area contributed by atoms with Gasteiger partial charge in [0.05, 0.1) is 40.1 Å². The molecule has 2 aliphatic rings. The predicted molar refractivity (Wildman–Crippen MR) is 69.1 cm³/mol. The summed E-state index contributed by atoms with van der Waals surface area (Å²) in [6.45, 7) is 6.31. The van der Waals surface area contributed by atoms with E-state index in [4.69, 9.17) is 14.2 Å². The fourth-order valence-electron chi connectivity index (χ4n) is 2.59. The number of nitrogens with zero attached hydrogens (tertiary/aromatic N) is 5. The number of hydrogen-bond acceptors (Lipinski definition) is 7. The van der Waals surface area contributed by atoms with Crippen molar-refractivity contribution in [2.75, 3.05) is 52.7 Å². The number of ether oxygens (including phenoxy) is 3. The molecule has 1 unspecified atom stereocenters. The molecule has 2 saturated heterocycles. The lowest BCUT2D eigenvalue weighted by molar-refractivity contribution is -0.0438. The molecular formula is C12H21N5O3. The summed E-state index contributed by atoms with van der Waals surface area (Å²) in [5.74, 6) is 1.08. The highest BCUT2D eigenvalue weighted by Crippen LogP contribution is 2.19. The van der Waals surface area contributed by atoms with Gasteiger partial charge in [-0.3, -0.25) is 4.90 Å². The maximum absolute atomic E-state index is 5.74. The lowest BCUT2D eigenvalue weighted by atomic mass is 10.1. The van der Waals surface area contributed by atoms with Crippen LogP contribution in [0.3, 0.4) is 0 Å². The third-order valence-corrected chi connectivity index (χ3v) is 3.56. The van der Waals surface area contributed by atoms with Crippen molar-refractivity contribution in [3.8, 4) is 0 Å². The van der Waals surface area contributed by atoms with Gasteiger partial charge in [0.2, 0.25) is 5.82 Å². The topological polar surface area (TPSA) is 74.5 Å². The second kappa shape index (κ2) is 6.57. The maximum atomic E-state index is 5.74. The number of rotatable bonds is 3. The largest absolute Gasteiger partial charge is 0.379 e. The van der Waals surface area contributed by atoms with Crippen LogP contribution in [0.4, 0.5) is 0 Å². The van der Waals surface area contributed by atoms with Gasteiger partial charge < -0.3 is 14.2 Å². The van der Waals surface area contributed by atoms with Crippen molar-refractivity contribution in [3.63, 3.8) is 0 Å². The Morgan fingerprint density at radius 1 is 1.20 bits per heavy atom. The second-order valence-corrected chi connectivity index (χ2v) is 5.27. The molecule has 0 aliphatic carbocycles. The first-order chi connectivity index (χ1) is 9.81. The van der Waals surface area contributed by atoms with Crippen LogP contribution in [0.1, 0.15) is 11.9 Å². The van der Waals surface area contributed by atoms with E-state index in [0.717, 1.165) is 32.8 Å². The number of aryl methyl sites for hydroxylation is 1. The average molecular weight is 283 g/mol. The van der Waals surface area contributed by atoms with Gasteiger partial charge in [0, 0.05) is 25.6 Å². The van der Waals surface area contributed by atoms with Gasteiger partial charge in [0.15, 0.2) is 0 Å². The van der Waals surface area contributed by atoms with Crippen LogP contribution in [-0.2, 0) is 21.3 Å². The highest BCUT2D eigenvalue weighted by molar-refractivity contribution is 4.89. The number of tetrazole rings is 1. The Morgan fingerprint density at radius 3 is 2.70 bits per heavy atom. The van der Waals surface area contributed by atoms with Crippen LogP contribution < -0.4 is 0 Å². The first-order valence-electron chi connectivity index (χ1n) is 7.04. The fourth-order valence-corrected chi connectivity index (χ4v) is 2.59. The van der Waals surface area contributed by atoms with Crippen molar-refractivity contribution in [1.29, 1.82) is 0 Å². The summed E-state index contributed by atoms with van der Waals surface area (Å²) in [6.07, 6.45) is -0.0925. The van der Waals surface area contributed by atoms with Crippen LogP contribution in [0.2, 0.25) is 0 Å². The van der Waals surface area contributed by atoms with Gasteiger partial charge in [-0.2, -0.15) is 4.80 Å². The highest BCUT2D eigenvalue weighted by atomic mass is 16.5. The van der Waals surface area contributed by atoms with Crippen molar-refractivity contribution in [1.82, 2.24) is 25.1 Å². The van der Waals surface area contributed by atoms with Gasteiger partial charge in [-0.15, -0.1) is 10.2 Å². The molecule has 0 saturated carbocycles. The first kappa shape index (κ1) is 13.9. The van der Waals surface area contributed by atoms with E-state index in [1.165, 1.54) is 4.80 Å². The molecule has 1 aromatic heterocycles. The van der Waals surface area contributed by atoms with Crippen molar-refractivity contribution in [2.45, 2.75) is 6.10 Å². The zero-order valence-corrected chi connectivity index (χ0v) is 11.8. The fraction of sp³-hybridized carbons (Fsp3) is 0.917. The molecule has 20 heavy (non-hydrogen) atoms. The first-order valence-corrected chi connectivity index (χ1v) is 7.04. The summed E-state index contributed by atoms with van der Waals surface area (Å²) >= 11 is 0. The molecule has 3 heterocycles. The quantitative estimate of drug-likeness (QED) is 0.722. The minimum Gasteiger partial charge on any atom is -0.379 e.